The smallest absolute Gasteiger partial charge is 0.206 e. The first kappa shape index (κ1) is 11.4. The second-order valence-corrected chi connectivity index (χ2v) is 3.61. The van der Waals surface area contributed by atoms with Gasteiger partial charge >= 0.3 is 6.18 Å². The van der Waals surface area contributed by atoms with E-state index in [1.54, 1.807) is 6.26 Å². The minimum atomic E-state index is -4.61. The molecule has 0 fully saturated rings. The van der Waals surface area contributed by atoms with Crippen LogP contribution >= 0.6 is 11.8 Å². The topological polar surface area (TPSA) is 0 Å². The number of hydrogen-bond donors (Lipinski definition) is 0. The lowest BCUT2D eigenvalue weighted by Crippen LogP contribution is -2.08. The third-order valence-electron chi connectivity index (χ3n) is 1.65. The van der Waals surface area contributed by atoms with Crippen molar-refractivity contribution in [2.24, 2.45) is 0 Å². The lowest BCUT2D eigenvalue weighted by Gasteiger charge is -2.08. The molecule has 14 heavy (non-hydrogen) atoms. The fourth-order valence-corrected chi connectivity index (χ4v) is 1.56. The number of thioether (sulfide) groups is 1. The lowest BCUT2D eigenvalue weighted by atomic mass is 10.1. The highest BCUT2D eigenvalue weighted by Gasteiger charge is 2.33. The Balaban J connectivity index is 3.02. The van der Waals surface area contributed by atoms with E-state index in [-0.39, 0.29) is 0 Å². The Morgan fingerprint density at radius 2 is 1.93 bits per heavy atom. The zero-order valence-corrected chi connectivity index (χ0v) is 8.18. The van der Waals surface area contributed by atoms with Crippen LogP contribution in [0.1, 0.15) is 11.1 Å². The molecule has 0 unspecified atom stereocenters. The molecule has 0 amide bonds. The second-order valence-electron chi connectivity index (χ2n) is 2.74. The first-order chi connectivity index (χ1) is 6.45. The molecule has 0 atom stereocenters. The molecule has 0 aliphatic heterocycles. The summed E-state index contributed by atoms with van der Waals surface area (Å²) in [6, 6.07) is 3.00. The molecule has 0 nitrogen and oxygen atoms in total. The molecule has 0 aliphatic carbocycles. The Bertz CT molecular complexity index is 319. The summed E-state index contributed by atoms with van der Waals surface area (Å²) in [6.45, 7) is 0. The molecule has 0 saturated heterocycles. The minimum absolute atomic E-state index is 0.509. The second kappa shape index (κ2) is 4.21. The summed E-state index contributed by atoms with van der Waals surface area (Å²) in [5.74, 6) is -0.696. The molecule has 0 saturated carbocycles. The molecule has 5 heteroatoms. The third-order valence-corrected chi connectivity index (χ3v) is 2.27. The van der Waals surface area contributed by atoms with E-state index in [1.165, 1.54) is 17.8 Å². The number of halogens is 4. The summed E-state index contributed by atoms with van der Waals surface area (Å²) in [6.07, 6.45) is -2.81. The maximum absolute atomic E-state index is 12.9. The predicted molar refractivity (Wildman–Crippen MR) is 48.6 cm³/mol. The molecular formula is C9H8F4S. The molecule has 1 aromatic rings. The summed E-state index contributed by atoms with van der Waals surface area (Å²) in [5.41, 5.74) is -0.648. The van der Waals surface area contributed by atoms with E-state index in [2.05, 4.69) is 0 Å². The average Bonchev–Trinajstić information content (AvgIpc) is 2.02. The average molecular weight is 224 g/mol. The normalized spacial score (nSPS) is 11.8. The Morgan fingerprint density at radius 1 is 1.29 bits per heavy atom. The SMILES string of the molecule is CSCc1ccc(C(F)(F)F)c(F)c1. The van der Waals surface area contributed by atoms with Crippen molar-refractivity contribution in [3.63, 3.8) is 0 Å². The van der Waals surface area contributed by atoms with Crippen molar-refractivity contribution in [1.82, 2.24) is 0 Å². The first-order valence-electron chi connectivity index (χ1n) is 3.79. The Kier molecular flexibility index (Phi) is 3.42. The predicted octanol–water partition coefficient (Wildman–Crippen LogP) is 3.71. The van der Waals surface area contributed by atoms with Gasteiger partial charge in [0.25, 0.3) is 0 Å². The zero-order chi connectivity index (χ0) is 10.8. The van der Waals surface area contributed by atoms with Crippen molar-refractivity contribution in [2.75, 3.05) is 6.26 Å². The van der Waals surface area contributed by atoms with Crippen LogP contribution in [-0.2, 0) is 11.9 Å². The van der Waals surface area contributed by atoms with Gasteiger partial charge in [-0.3, -0.25) is 0 Å². The fraction of sp³-hybridized carbons (Fsp3) is 0.333. The van der Waals surface area contributed by atoms with Gasteiger partial charge in [-0.15, -0.1) is 0 Å². The van der Waals surface area contributed by atoms with Gasteiger partial charge in [0.05, 0.1) is 5.56 Å². The van der Waals surface area contributed by atoms with Gasteiger partial charge in [-0.05, 0) is 24.0 Å². The van der Waals surface area contributed by atoms with Crippen molar-refractivity contribution in [3.05, 3.63) is 35.1 Å². The van der Waals surface area contributed by atoms with Crippen molar-refractivity contribution in [1.29, 1.82) is 0 Å². The summed E-state index contributed by atoms with van der Waals surface area (Å²) >= 11 is 1.43. The van der Waals surface area contributed by atoms with Gasteiger partial charge in [0.15, 0.2) is 0 Å². The van der Waals surface area contributed by atoms with Crippen molar-refractivity contribution in [2.45, 2.75) is 11.9 Å². The number of rotatable bonds is 2. The van der Waals surface area contributed by atoms with E-state index in [4.69, 9.17) is 0 Å². The summed E-state index contributed by atoms with van der Waals surface area (Å²) in [5, 5.41) is 0. The molecule has 0 bridgehead atoms. The maximum atomic E-state index is 12.9. The van der Waals surface area contributed by atoms with Gasteiger partial charge in [0, 0.05) is 5.75 Å². The van der Waals surface area contributed by atoms with Crippen LogP contribution in [0.15, 0.2) is 18.2 Å². The van der Waals surface area contributed by atoms with Crippen LogP contribution in [0.5, 0.6) is 0 Å². The van der Waals surface area contributed by atoms with E-state index in [0.717, 1.165) is 12.1 Å². The third kappa shape index (κ3) is 2.64. The Labute approximate surface area is 83.3 Å². The molecule has 0 spiro atoms. The van der Waals surface area contributed by atoms with Crippen LogP contribution in [0.4, 0.5) is 17.6 Å². The molecule has 1 aromatic carbocycles. The molecule has 1 rings (SSSR count). The lowest BCUT2D eigenvalue weighted by molar-refractivity contribution is -0.140. The van der Waals surface area contributed by atoms with Crippen molar-refractivity contribution >= 4 is 11.8 Å². The van der Waals surface area contributed by atoms with E-state index >= 15 is 0 Å². The fourth-order valence-electron chi connectivity index (χ4n) is 1.04. The highest BCUT2D eigenvalue weighted by Crippen LogP contribution is 2.31. The van der Waals surface area contributed by atoms with Gasteiger partial charge in [0.1, 0.15) is 5.82 Å². The highest BCUT2D eigenvalue weighted by atomic mass is 32.2. The summed E-state index contributed by atoms with van der Waals surface area (Å²) in [7, 11) is 0. The van der Waals surface area contributed by atoms with Crippen LogP contribution < -0.4 is 0 Å². The summed E-state index contributed by atoms with van der Waals surface area (Å²) < 4.78 is 49.3. The summed E-state index contributed by atoms with van der Waals surface area (Å²) in [4.78, 5) is 0. The van der Waals surface area contributed by atoms with Crippen LogP contribution in [0, 0.1) is 5.82 Å². The van der Waals surface area contributed by atoms with E-state index in [1.807, 2.05) is 0 Å². The quantitative estimate of drug-likeness (QED) is 0.690. The van der Waals surface area contributed by atoms with E-state index in [0.29, 0.717) is 11.3 Å². The Hall–Kier alpha value is -0.710. The van der Waals surface area contributed by atoms with Crippen LogP contribution in [0.3, 0.4) is 0 Å². The number of hydrogen-bond acceptors (Lipinski definition) is 1. The molecule has 0 aromatic heterocycles. The standard InChI is InChI=1S/C9H8F4S/c1-14-5-6-2-3-7(8(10)4-6)9(11,12)13/h2-4H,5H2,1H3. The van der Waals surface area contributed by atoms with E-state index < -0.39 is 17.6 Å². The number of benzene rings is 1. The first-order valence-corrected chi connectivity index (χ1v) is 5.19. The van der Waals surface area contributed by atoms with Crippen LogP contribution in [0.2, 0.25) is 0 Å². The minimum Gasteiger partial charge on any atom is -0.206 e. The largest absolute Gasteiger partial charge is 0.419 e. The molecule has 0 heterocycles. The molecule has 78 valence electrons. The van der Waals surface area contributed by atoms with Gasteiger partial charge < -0.3 is 0 Å². The van der Waals surface area contributed by atoms with Crippen LogP contribution in [-0.4, -0.2) is 6.26 Å². The van der Waals surface area contributed by atoms with Gasteiger partial charge in [-0.1, -0.05) is 6.07 Å². The molecule has 0 radical (unpaired) electrons. The van der Waals surface area contributed by atoms with Crippen molar-refractivity contribution in [3.8, 4) is 0 Å². The maximum Gasteiger partial charge on any atom is 0.419 e. The van der Waals surface area contributed by atoms with Gasteiger partial charge in [-0.2, -0.15) is 24.9 Å². The number of alkyl halides is 3. The van der Waals surface area contributed by atoms with Crippen molar-refractivity contribution < 1.29 is 17.6 Å². The van der Waals surface area contributed by atoms with E-state index in [9.17, 15) is 17.6 Å². The highest BCUT2D eigenvalue weighted by molar-refractivity contribution is 7.97. The monoisotopic (exact) mass is 224 g/mol. The molecule has 0 aliphatic rings. The van der Waals surface area contributed by atoms with Gasteiger partial charge in [0.2, 0.25) is 0 Å². The molecule has 0 N–H and O–H groups in total. The zero-order valence-electron chi connectivity index (χ0n) is 7.36. The molecular weight excluding hydrogens is 216 g/mol. The van der Waals surface area contributed by atoms with Crippen LogP contribution in [0.25, 0.3) is 0 Å². The van der Waals surface area contributed by atoms with Gasteiger partial charge in [-0.25, -0.2) is 4.39 Å². The Morgan fingerprint density at radius 3 is 2.36 bits per heavy atom.